The molecule has 0 aromatic carbocycles. The van der Waals surface area contributed by atoms with E-state index in [2.05, 4.69) is 17.1 Å². The zero-order valence-corrected chi connectivity index (χ0v) is 7.13. The quantitative estimate of drug-likeness (QED) is 0.483. The number of unbranched alkanes of at least 4 members (excludes halogenated alkanes) is 1. The summed E-state index contributed by atoms with van der Waals surface area (Å²) in [5, 5.41) is 0. The molecule has 0 unspecified atom stereocenters. The van der Waals surface area contributed by atoms with E-state index in [4.69, 9.17) is 5.73 Å². The predicted molar refractivity (Wildman–Crippen MR) is 48.5 cm³/mol. The van der Waals surface area contributed by atoms with Crippen molar-refractivity contribution in [3.05, 3.63) is 12.2 Å². The molecule has 0 atom stereocenters. The zero-order chi connectivity index (χ0) is 7.94. The van der Waals surface area contributed by atoms with E-state index < -0.39 is 0 Å². The van der Waals surface area contributed by atoms with E-state index in [0.717, 1.165) is 13.1 Å². The van der Waals surface area contributed by atoms with Crippen LogP contribution in [0.4, 0.5) is 0 Å². The van der Waals surface area contributed by atoms with Gasteiger partial charge in [-0.05, 0) is 32.4 Å². The molecule has 11 heavy (non-hydrogen) atoms. The first-order valence-corrected chi connectivity index (χ1v) is 4.51. The highest BCUT2D eigenvalue weighted by atomic mass is 15.1. The van der Waals surface area contributed by atoms with Gasteiger partial charge in [0.15, 0.2) is 0 Å². The fourth-order valence-corrected chi connectivity index (χ4v) is 1.37. The Balaban J connectivity index is 2.02. The molecule has 0 saturated carbocycles. The number of nitrogens with zero attached hydrogens (tertiary/aromatic N) is 1. The Morgan fingerprint density at radius 3 is 2.82 bits per heavy atom. The Hall–Kier alpha value is -0.340. The maximum atomic E-state index is 5.41. The number of rotatable bonds is 4. The molecule has 0 saturated heterocycles. The molecule has 1 rings (SSSR count). The van der Waals surface area contributed by atoms with Crippen molar-refractivity contribution >= 4 is 0 Å². The first-order valence-electron chi connectivity index (χ1n) is 4.51. The number of hydrogen-bond acceptors (Lipinski definition) is 2. The Labute approximate surface area is 69.1 Å². The van der Waals surface area contributed by atoms with Gasteiger partial charge in [0.1, 0.15) is 0 Å². The van der Waals surface area contributed by atoms with Gasteiger partial charge in [-0.25, -0.2) is 0 Å². The van der Waals surface area contributed by atoms with Crippen LogP contribution >= 0.6 is 0 Å². The lowest BCUT2D eigenvalue weighted by Gasteiger charge is -2.22. The summed E-state index contributed by atoms with van der Waals surface area (Å²) in [6.45, 7) is 4.44. The van der Waals surface area contributed by atoms with Crippen LogP contribution in [0.15, 0.2) is 12.2 Å². The third-order valence-corrected chi connectivity index (χ3v) is 2.07. The molecule has 0 fully saturated rings. The normalized spacial score (nSPS) is 19.0. The van der Waals surface area contributed by atoms with Crippen LogP contribution in [0.1, 0.15) is 19.3 Å². The highest BCUT2D eigenvalue weighted by Crippen LogP contribution is 2.02. The molecule has 0 bridgehead atoms. The van der Waals surface area contributed by atoms with Crippen LogP contribution in [-0.2, 0) is 0 Å². The van der Waals surface area contributed by atoms with Crippen molar-refractivity contribution < 1.29 is 0 Å². The molecular formula is C9H18N2. The second-order valence-electron chi connectivity index (χ2n) is 3.06. The smallest absolute Gasteiger partial charge is 0.0163 e. The molecule has 0 aliphatic carbocycles. The maximum Gasteiger partial charge on any atom is 0.0163 e. The molecule has 2 nitrogen and oxygen atoms in total. The van der Waals surface area contributed by atoms with Crippen molar-refractivity contribution in [2.24, 2.45) is 5.73 Å². The minimum atomic E-state index is 0.837. The van der Waals surface area contributed by atoms with E-state index in [1.54, 1.807) is 0 Å². The molecule has 2 heteroatoms. The zero-order valence-electron chi connectivity index (χ0n) is 7.13. The Morgan fingerprint density at radius 2 is 2.18 bits per heavy atom. The van der Waals surface area contributed by atoms with Gasteiger partial charge in [0.2, 0.25) is 0 Å². The first-order chi connectivity index (χ1) is 5.43. The summed E-state index contributed by atoms with van der Waals surface area (Å²) in [6.07, 6.45) is 8.17. The predicted octanol–water partition coefficient (Wildman–Crippen LogP) is 0.987. The molecule has 2 N–H and O–H groups in total. The van der Waals surface area contributed by atoms with Crippen LogP contribution in [0.5, 0.6) is 0 Å². The summed E-state index contributed by atoms with van der Waals surface area (Å²) in [5.74, 6) is 0. The second kappa shape index (κ2) is 5.33. The van der Waals surface area contributed by atoms with Gasteiger partial charge < -0.3 is 5.73 Å². The maximum absolute atomic E-state index is 5.41. The Morgan fingerprint density at radius 1 is 1.27 bits per heavy atom. The third-order valence-electron chi connectivity index (χ3n) is 2.07. The lowest BCUT2D eigenvalue weighted by atomic mass is 10.2. The average Bonchev–Trinajstić information content (AvgIpc) is 2.07. The van der Waals surface area contributed by atoms with Crippen LogP contribution in [0.3, 0.4) is 0 Å². The molecule has 1 aliphatic rings. The summed E-state index contributed by atoms with van der Waals surface area (Å²) in [5.41, 5.74) is 5.41. The van der Waals surface area contributed by atoms with Crippen molar-refractivity contribution in [2.75, 3.05) is 26.2 Å². The Kier molecular flexibility index (Phi) is 4.24. The van der Waals surface area contributed by atoms with Crippen molar-refractivity contribution in [3.8, 4) is 0 Å². The van der Waals surface area contributed by atoms with Crippen molar-refractivity contribution in [3.63, 3.8) is 0 Å². The van der Waals surface area contributed by atoms with E-state index in [0.29, 0.717) is 0 Å². The number of nitrogens with two attached hydrogens (primary N) is 1. The van der Waals surface area contributed by atoms with Gasteiger partial charge in [0.05, 0.1) is 0 Å². The fraction of sp³-hybridized carbons (Fsp3) is 0.778. The highest BCUT2D eigenvalue weighted by Gasteiger charge is 2.03. The van der Waals surface area contributed by atoms with Crippen LogP contribution in [0, 0.1) is 0 Å². The largest absolute Gasteiger partial charge is 0.330 e. The molecule has 64 valence electrons. The average molecular weight is 154 g/mol. The molecule has 1 heterocycles. The molecule has 0 spiro atoms. The summed E-state index contributed by atoms with van der Waals surface area (Å²) >= 11 is 0. The third kappa shape index (κ3) is 3.54. The SMILES string of the molecule is NCCCCN1CC=CCC1. The summed E-state index contributed by atoms with van der Waals surface area (Å²) < 4.78 is 0. The van der Waals surface area contributed by atoms with Crippen LogP contribution in [0.2, 0.25) is 0 Å². The van der Waals surface area contributed by atoms with E-state index in [1.807, 2.05) is 0 Å². The molecule has 0 amide bonds. The van der Waals surface area contributed by atoms with Gasteiger partial charge in [0, 0.05) is 13.1 Å². The van der Waals surface area contributed by atoms with Crippen molar-refractivity contribution in [2.45, 2.75) is 19.3 Å². The molecule has 0 aromatic rings. The fourth-order valence-electron chi connectivity index (χ4n) is 1.37. The Bertz CT molecular complexity index is 121. The van der Waals surface area contributed by atoms with Crippen molar-refractivity contribution in [1.29, 1.82) is 0 Å². The van der Waals surface area contributed by atoms with Gasteiger partial charge in [-0.3, -0.25) is 4.90 Å². The van der Waals surface area contributed by atoms with E-state index >= 15 is 0 Å². The monoisotopic (exact) mass is 154 g/mol. The molecule has 0 radical (unpaired) electrons. The molecule has 0 aromatic heterocycles. The molecular weight excluding hydrogens is 136 g/mol. The minimum Gasteiger partial charge on any atom is -0.330 e. The van der Waals surface area contributed by atoms with E-state index in [-0.39, 0.29) is 0 Å². The highest BCUT2D eigenvalue weighted by molar-refractivity contribution is 4.90. The second-order valence-corrected chi connectivity index (χ2v) is 3.06. The van der Waals surface area contributed by atoms with E-state index in [1.165, 1.54) is 32.4 Å². The lowest BCUT2D eigenvalue weighted by molar-refractivity contribution is 0.293. The van der Waals surface area contributed by atoms with Gasteiger partial charge in [-0.15, -0.1) is 0 Å². The summed E-state index contributed by atoms with van der Waals surface area (Å²) in [4.78, 5) is 2.48. The van der Waals surface area contributed by atoms with Gasteiger partial charge >= 0.3 is 0 Å². The minimum absolute atomic E-state index is 0.837. The first kappa shape index (κ1) is 8.75. The van der Waals surface area contributed by atoms with Gasteiger partial charge in [0.25, 0.3) is 0 Å². The van der Waals surface area contributed by atoms with Crippen LogP contribution < -0.4 is 5.73 Å². The lowest BCUT2D eigenvalue weighted by Crippen LogP contribution is -2.28. The topological polar surface area (TPSA) is 29.3 Å². The van der Waals surface area contributed by atoms with Crippen LogP contribution in [0.25, 0.3) is 0 Å². The summed E-state index contributed by atoms with van der Waals surface area (Å²) in [6, 6.07) is 0. The standard InChI is InChI=1S/C9H18N2/c10-6-2-5-9-11-7-3-1-4-8-11/h1,3H,2,4-10H2. The van der Waals surface area contributed by atoms with Crippen LogP contribution in [-0.4, -0.2) is 31.1 Å². The molecule has 1 aliphatic heterocycles. The van der Waals surface area contributed by atoms with Crippen molar-refractivity contribution in [1.82, 2.24) is 4.90 Å². The number of hydrogen-bond donors (Lipinski definition) is 1. The van der Waals surface area contributed by atoms with E-state index in [9.17, 15) is 0 Å². The van der Waals surface area contributed by atoms with Gasteiger partial charge in [-0.1, -0.05) is 12.2 Å². The van der Waals surface area contributed by atoms with Gasteiger partial charge in [-0.2, -0.15) is 0 Å². The summed E-state index contributed by atoms with van der Waals surface area (Å²) in [7, 11) is 0.